The van der Waals surface area contributed by atoms with Crippen molar-refractivity contribution in [3.63, 3.8) is 0 Å². The van der Waals surface area contributed by atoms with E-state index in [-0.39, 0.29) is 30.8 Å². The summed E-state index contributed by atoms with van der Waals surface area (Å²) in [5.41, 5.74) is 3.15. The number of fused-ring (bicyclic) bond motifs is 2. The summed E-state index contributed by atoms with van der Waals surface area (Å²) in [5, 5.41) is 2.83. The average molecular weight is 378 g/mol. The van der Waals surface area contributed by atoms with E-state index in [1.165, 1.54) is 4.90 Å². The number of hydrogen-bond donors (Lipinski definition) is 1. The summed E-state index contributed by atoms with van der Waals surface area (Å²) in [6.07, 6.45) is 4.66. The molecule has 1 aromatic heterocycles. The Bertz CT molecular complexity index is 857. The van der Waals surface area contributed by atoms with Crippen LogP contribution in [0, 0.1) is 0 Å². The Hall–Kier alpha value is -3.22. The smallest absolute Gasteiger partial charge is 0.327 e. The van der Waals surface area contributed by atoms with Crippen LogP contribution in [0.4, 0.5) is 4.79 Å². The van der Waals surface area contributed by atoms with Gasteiger partial charge < -0.3 is 10.2 Å². The van der Waals surface area contributed by atoms with Crippen molar-refractivity contribution in [1.82, 2.24) is 20.1 Å². The van der Waals surface area contributed by atoms with Gasteiger partial charge in [0.05, 0.1) is 0 Å². The quantitative estimate of drug-likeness (QED) is 0.778. The molecule has 0 unspecified atom stereocenters. The molecule has 7 heteroatoms. The number of urea groups is 1. The van der Waals surface area contributed by atoms with Gasteiger partial charge in [-0.3, -0.25) is 19.5 Å². The molecule has 0 saturated carbocycles. The molecule has 28 heavy (non-hydrogen) atoms. The van der Waals surface area contributed by atoms with Crippen molar-refractivity contribution < 1.29 is 14.4 Å². The predicted molar refractivity (Wildman–Crippen MR) is 102 cm³/mol. The van der Waals surface area contributed by atoms with E-state index in [0.717, 1.165) is 16.7 Å². The number of nitrogens with one attached hydrogen (secondary N) is 1. The first-order valence-electron chi connectivity index (χ1n) is 9.48. The average Bonchev–Trinajstić information content (AvgIpc) is 2.96. The Kier molecular flexibility index (Phi) is 5.06. The first-order chi connectivity index (χ1) is 13.6. The lowest BCUT2D eigenvalue weighted by Crippen LogP contribution is -2.39. The van der Waals surface area contributed by atoms with Crippen LogP contribution >= 0.6 is 0 Å². The molecule has 1 saturated heterocycles. The van der Waals surface area contributed by atoms with Gasteiger partial charge in [0.15, 0.2) is 0 Å². The van der Waals surface area contributed by atoms with Crippen LogP contribution in [-0.4, -0.2) is 45.2 Å². The molecule has 0 aliphatic carbocycles. The van der Waals surface area contributed by atoms with Crippen LogP contribution in [0.15, 0.2) is 48.8 Å². The number of aromatic nitrogens is 1. The Labute approximate surface area is 163 Å². The minimum atomic E-state index is -0.415. The van der Waals surface area contributed by atoms with Gasteiger partial charge in [-0.1, -0.05) is 30.3 Å². The Balaban J connectivity index is 1.28. The number of hydrogen-bond acceptors (Lipinski definition) is 4. The van der Waals surface area contributed by atoms with Crippen molar-refractivity contribution in [3.05, 3.63) is 65.5 Å². The minimum Gasteiger partial charge on any atom is -0.352 e. The normalized spacial score (nSPS) is 18.1. The molecule has 1 atom stereocenters. The van der Waals surface area contributed by atoms with Crippen molar-refractivity contribution in [2.75, 3.05) is 6.54 Å². The number of benzene rings is 1. The number of amides is 4. The van der Waals surface area contributed by atoms with Crippen LogP contribution in [0.5, 0.6) is 0 Å². The summed E-state index contributed by atoms with van der Waals surface area (Å²) in [6.45, 7) is 1.15. The standard InChI is InChI=1S/C21H22N4O3/c26-19(23-13-15-5-3-9-22-12-15)8-4-10-24-20(27)18-11-16-6-1-2-7-17(16)14-25(18)21(24)28/h1-3,5-7,9,12,18H,4,8,10-11,13-14H2,(H,23,26)/t18-/m0/s1. The SMILES string of the molecule is O=C(CCCN1C(=O)[C@@H]2Cc3ccccc3CN2C1=O)NCc1cccnc1. The molecule has 7 nitrogen and oxygen atoms in total. The Morgan fingerprint density at radius 3 is 2.75 bits per heavy atom. The van der Waals surface area contributed by atoms with Crippen molar-refractivity contribution in [1.29, 1.82) is 0 Å². The number of pyridine rings is 1. The second-order valence-electron chi connectivity index (χ2n) is 7.13. The minimum absolute atomic E-state index is 0.104. The van der Waals surface area contributed by atoms with Gasteiger partial charge in [-0.05, 0) is 29.2 Å². The lowest BCUT2D eigenvalue weighted by Gasteiger charge is -2.28. The summed E-state index contributed by atoms with van der Waals surface area (Å²) >= 11 is 0. The van der Waals surface area contributed by atoms with Crippen LogP contribution in [-0.2, 0) is 29.1 Å². The molecule has 4 amide bonds. The molecule has 4 rings (SSSR count). The van der Waals surface area contributed by atoms with Crippen molar-refractivity contribution in [3.8, 4) is 0 Å². The van der Waals surface area contributed by atoms with Crippen LogP contribution < -0.4 is 5.32 Å². The zero-order valence-corrected chi connectivity index (χ0v) is 15.5. The first kappa shape index (κ1) is 18.2. The fourth-order valence-electron chi connectivity index (χ4n) is 3.77. The van der Waals surface area contributed by atoms with Crippen LogP contribution in [0.1, 0.15) is 29.5 Å². The highest BCUT2D eigenvalue weighted by Crippen LogP contribution is 2.30. The topological polar surface area (TPSA) is 82.6 Å². The molecule has 1 fully saturated rings. The molecule has 0 spiro atoms. The van der Waals surface area contributed by atoms with E-state index < -0.39 is 6.04 Å². The zero-order chi connectivity index (χ0) is 19.5. The van der Waals surface area contributed by atoms with E-state index >= 15 is 0 Å². The number of carbonyl (C=O) groups excluding carboxylic acids is 3. The molecule has 1 aromatic carbocycles. The summed E-state index contributed by atoms with van der Waals surface area (Å²) < 4.78 is 0. The van der Waals surface area contributed by atoms with Crippen molar-refractivity contribution in [2.24, 2.45) is 0 Å². The Morgan fingerprint density at radius 2 is 1.96 bits per heavy atom. The molecule has 1 N–H and O–H groups in total. The number of carbonyl (C=O) groups is 3. The van der Waals surface area contributed by atoms with Gasteiger partial charge in [-0.15, -0.1) is 0 Å². The summed E-state index contributed by atoms with van der Waals surface area (Å²) in [4.78, 5) is 44.3. The van der Waals surface area contributed by atoms with Crippen molar-refractivity contribution in [2.45, 2.75) is 38.4 Å². The highest BCUT2D eigenvalue weighted by molar-refractivity contribution is 6.04. The maximum Gasteiger partial charge on any atom is 0.327 e. The summed E-state index contributed by atoms with van der Waals surface area (Å²) in [5.74, 6) is -0.261. The first-order valence-corrected chi connectivity index (χ1v) is 9.48. The van der Waals surface area contributed by atoms with E-state index in [1.807, 2.05) is 36.4 Å². The van der Waals surface area contributed by atoms with Crippen LogP contribution in [0.3, 0.4) is 0 Å². The number of imide groups is 1. The molecule has 3 heterocycles. The van der Waals surface area contributed by atoms with E-state index in [4.69, 9.17) is 0 Å². The van der Waals surface area contributed by atoms with Crippen LogP contribution in [0.25, 0.3) is 0 Å². The summed E-state index contributed by atoms with van der Waals surface area (Å²) in [7, 11) is 0. The van der Waals surface area contributed by atoms with Crippen LogP contribution in [0.2, 0.25) is 0 Å². The lowest BCUT2D eigenvalue weighted by atomic mass is 9.95. The molecule has 2 aliphatic heterocycles. The van der Waals surface area contributed by atoms with E-state index in [1.54, 1.807) is 17.3 Å². The van der Waals surface area contributed by atoms with Gasteiger partial charge in [0.2, 0.25) is 5.91 Å². The Morgan fingerprint density at radius 1 is 1.14 bits per heavy atom. The van der Waals surface area contributed by atoms with Gasteiger partial charge in [0.25, 0.3) is 5.91 Å². The highest BCUT2D eigenvalue weighted by atomic mass is 16.2. The highest BCUT2D eigenvalue weighted by Gasteiger charge is 2.46. The predicted octanol–water partition coefficient (Wildman–Crippen LogP) is 1.87. The third-order valence-electron chi connectivity index (χ3n) is 5.27. The van der Waals surface area contributed by atoms with Gasteiger partial charge in [0.1, 0.15) is 6.04 Å². The van der Waals surface area contributed by atoms with E-state index in [2.05, 4.69) is 10.3 Å². The molecule has 2 aliphatic rings. The monoisotopic (exact) mass is 378 g/mol. The number of nitrogens with zero attached hydrogens (tertiary/aromatic N) is 3. The van der Waals surface area contributed by atoms with Gasteiger partial charge >= 0.3 is 6.03 Å². The van der Waals surface area contributed by atoms with Crippen molar-refractivity contribution >= 4 is 17.8 Å². The number of rotatable bonds is 6. The molecule has 144 valence electrons. The van der Waals surface area contributed by atoms with Gasteiger partial charge in [-0.2, -0.15) is 0 Å². The molecule has 0 radical (unpaired) electrons. The molecule has 2 aromatic rings. The third-order valence-corrected chi connectivity index (χ3v) is 5.27. The third kappa shape index (κ3) is 3.60. The second kappa shape index (κ2) is 7.80. The largest absolute Gasteiger partial charge is 0.352 e. The van der Waals surface area contributed by atoms with E-state index in [0.29, 0.717) is 25.9 Å². The molecular formula is C21H22N4O3. The molecular weight excluding hydrogens is 356 g/mol. The lowest BCUT2D eigenvalue weighted by molar-refractivity contribution is -0.129. The maximum atomic E-state index is 12.7. The maximum absolute atomic E-state index is 12.7. The summed E-state index contributed by atoms with van der Waals surface area (Å²) in [6, 6.07) is 11.0. The fraction of sp³-hybridized carbons (Fsp3) is 0.333. The van der Waals surface area contributed by atoms with Gasteiger partial charge in [-0.25, -0.2) is 4.79 Å². The fourth-order valence-corrected chi connectivity index (χ4v) is 3.77. The molecule has 0 bridgehead atoms. The van der Waals surface area contributed by atoms with Gasteiger partial charge in [0, 0.05) is 44.9 Å². The van der Waals surface area contributed by atoms with E-state index in [9.17, 15) is 14.4 Å². The zero-order valence-electron chi connectivity index (χ0n) is 15.5. The second-order valence-corrected chi connectivity index (χ2v) is 7.13.